The Hall–Kier alpha value is -2.89. The fourth-order valence-electron chi connectivity index (χ4n) is 3.66. The Labute approximate surface area is 152 Å². The number of piperidine rings is 1. The second-order valence-electron chi connectivity index (χ2n) is 7.09. The minimum absolute atomic E-state index is 0.00421. The summed E-state index contributed by atoms with van der Waals surface area (Å²) in [4.78, 5) is 14.6. The summed E-state index contributed by atoms with van der Waals surface area (Å²) in [6.45, 7) is 5.45. The van der Waals surface area contributed by atoms with Gasteiger partial charge in [-0.05, 0) is 38.3 Å². The van der Waals surface area contributed by atoms with Crippen molar-refractivity contribution in [1.82, 2.24) is 25.3 Å². The molecule has 3 heterocycles. The topological polar surface area (TPSA) is 77.7 Å². The van der Waals surface area contributed by atoms with Gasteiger partial charge in [0.25, 0.3) is 5.91 Å². The van der Waals surface area contributed by atoms with Crippen LogP contribution in [-0.4, -0.2) is 44.3 Å². The standard InChI is InChI=1S/C20H23N5O/c1-13-5-7-15(8-6-13)17-11-21-24-19(17)16-4-3-9-25(12-16)20(26)18-10-14(2)22-23-18/h5-8,10-11,16H,3-4,9,12H2,1-2H3,(H,21,24)(H,22,23)/t16-/m0/s1. The number of hydrogen-bond acceptors (Lipinski definition) is 3. The molecule has 0 unspecified atom stereocenters. The van der Waals surface area contributed by atoms with Crippen LogP contribution in [0, 0.1) is 13.8 Å². The van der Waals surface area contributed by atoms with E-state index in [9.17, 15) is 4.79 Å². The highest BCUT2D eigenvalue weighted by Gasteiger charge is 2.29. The van der Waals surface area contributed by atoms with Crippen molar-refractivity contribution >= 4 is 5.91 Å². The first-order valence-electron chi connectivity index (χ1n) is 9.03. The predicted molar refractivity (Wildman–Crippen MR) is 100.0 cm³/mol. The van der Waals surface area contributed by atoms with Crippen LogP contribution in [0.2, 0.25) is 0 Å². The third-order valence-corrected chi connectivity index (χ3v) is 5.07. The number of carbonyl (C=O) groups is 1. The number of likely N-dealkylation sites (tertiary alicyclic amines) is 1. The van der Waals surface area contributed by atoms with Crippen LogP contribution in [0.15, 0.2) is 36.5 Å². The summed E-state index contributed by atoms with van der Waals surface area (Å²) in [5.41, 5.74) is 6.03. The normalized spacial score (nSPS) is 17.5. The summed E-state index contributed by atoms with van der Waals surface area (Å²) in [6.07, 6.45) is 3.91. The first kappa shape index (κ1) is 16.6. The van der Waals surface area contributed by atoms with E-state index in [4.69, 9.17) is 0 Å². The largest absolute Gasteiger partial charge is 0.337 e. The van der Waals surface area contributed by atoms with Crippen LogP contribution in [0.3, 0.4) is 0 Å². The van der Waals surface area contributed by atoms with E-state index >= 15 is 0 Å². The highest BCUT2D eigenvalue weighted by molar-refractivity contribution is 5.92. The molecule has 0 aliphatic carbocycles. The van der Waals surface area contributed by atoms with Crippen molar-refractivity contribution in [3.05, 3.63) is 59.2 Å². The quantitative estimate of drug-likeness (QED) is 0.760. The first-order valence-corrected chi connectivity index (χ1v) is 9.03. The summed E-state index contributed by atoms with van der Waals surface area (Å²) in [5, 5.41) is 14.4. The SMILES string of the molecule is Cc1ccc(-c2cn[nH]c2[C@H]2CCCN(C(=O)c3cc(C)[nH]n3)C2)cc1. The molecule has 1 atom stereocenters. The van der Waals surface area contributed by atoms with Gasteiger partial charge in [0.1, 0.15) is 5.69 Å². The summed E-state index contributed by atoms with van der Waals surface area (Å²) >= 11 is 0. The van der Waals surface area contributed by atoms with Crippen molar-refractivity contribution in [2.24, 2.45) is 0 Å². The Balaban J connectivity index is 1.56. The van der Waals surface area contributed by atoms with E-state index in [1.54, 1.807) is 6.07 Å². The molecule has 1 amide bonds. The molecule has 1 aliphatic heterocycles. The van der Waals surface area contributed by atoms with Gasteiger partial charge in [0.2, 0.25) is 0 Å². The predicted octanol–water partition coefficient (Wildman–Crippen LogP) is 3.44. The lowest BCUT2D eigenvalue weighted by Gasteiger charge is -2.32. The third kappa shape index (κ3) is 3.14. The lowest BCUT2D eigenvalue weighted by molar-refractivity contribution is 0.0700. The molecule has 4 rings (SSSR count). The van der Waals surface area contributed by atoms with Gasteiger partial charge < -0.3 is 4.90 Å². The Morgan fingerprint density at radius 3 is 2.73 bits per heavy atom. The summed E-state index contributed by atoms with van der Waals surface area (Å²) < 4.78 is 0. The maximum atomic E-state index is 12.7. The van der Waals surface area contributed by atoms with Gasteiger partial charge in [-0.3, -0.25) is 15.0 Å². The maximum Gasteiger partial charge on any atom is 0.274 e. The van der Waals surface area contributed by atoms with Gasteiger partial charge in [-0.1, -0.05) is 29.8 Å². The molecule has 6 nitrogen and oxygen atoms in total. The number of aryl methyl sites for hydroxylation is 2. The molecule has 2 N–H and O–H groups in total. The number of nitrogens with one attached hydrogen (secondary N) is 2. The minimum atomic E-state index is -0.00421. The number of benzene rings is 1. The molecule has 2 aromatic heterocycles. The van der Waals surface area contributed by atoms with Gasteiger partial charge in [-0.2, -0.15) is 10.2 Å². The van der Waals surface area contributed by atoms with Gasteiger partial charge in [0, 0.05) is 36.0 Å². The highest BCUT2D eigenvalue weighted by atomic mass is 16.2. The van der Waals surface area contributed by atoms with Crippen LogP contribution in [-0.2, 0) is 0 Å². The second-order valence-corrected chi connectivity index (χ2v) is 7.09. The highest BCUT2D eigenvalue weighted by Crippen LogP contribution is 2.33. The molecule has 0 spiro atoms. The van der Waals surface area contributed by atoms with Crippen molar-refractivity contribution in [3.63, 3.8) is 0 Å². The number of amides is 1. The number of aromatic amines is 2. The van der Waals surface area contributed by atoms with Gasteiger partial charge in [-0.25, -0.2) is 0 Å². The van der Waals surface area contributed by atoms with Gasteiger partial charge in [0.05, 0.1) is 6.20 Å². The number of aromatic nitrogens is 4. The number of nitrogens with zero attached hydrogens (tertiary/aromatic N) is 3. The van der Waals surface area contributed by atoms with Crippen LogP contribution in [0.1, 0.15) is 46.2 Å². The molecular formula is C20H23N5O. The Morgan fingerprint density at radius 2 is 2.00 bits per heavy atom. The van der Waals surface area contributed by atoms with E-state index in [0.29, 0.717) is 12.2 Å². The van der Waals surface area contributed by atoms with E-state index in [1.807, 2.05) is 18.0 Å². The molecule has 0 bridgehead atoms. The van der Waals surface area contributed by atoms with Crippen LogP contribution >= 0.6 is 0 Å². The molecule has 3 aromatic rings. The zero-order chi connectivity index (χ0) is 18.1. The van der Waals surface area contributed by atoms with E-state index in [2.05, 4.69) is 51.6 Å². The molecule has 1 aromatic carbocycles. The number of H-pyrrole nitrogens is 2. The fourth-order valence-corrected chi connectivity index (χ4v) is 3.66. The summed E-state index contributed by atoms with van der Waals surface area (Å²) in [5.74, 6) is 0.252. The lowest BCUT2D eigenvalue weighted by atomic mass is 9.90. The van der Waals surface area contributed by atoms with E-state index in [-0.39, 0.29) is 11.8 Å². The van der Waals surface area contributed by atoms with E-state index < -0.39 is 0 Å². The third-order valence-electron chi connectivity index (χ3n) is 5.07. The average molecular weight is 349 g/mol. The zero-order valence-electron chi connectivity index (χ0n) is 15.1. The van der Waals surface area contributed by atoms with Crippen LogP contribution in [0.4, 0.5) is 0 Å². The van der Waals surface area contributed by atoms with Gasteiger partial charge in [-0.15, -0.1) is 0 Å². The Morgan fingerprint density at radius 1 is 1.19 bits per heavy atom. The Kier molecular flexibility index (Phi) is 4.32. The van der Waals surface area contributed by atoms with Crippen molar-refractivity contribution < 1.29 is 4.79 Å². The molecule has 1 aliphatic rings. The molecule has 1 fully saturated rings. The van der Waals surface area contributed by atoms with Crippen LogP contribution < -0.4 is 0 Å². The van der Waals surface area contributed by atoms with Crippen molar-refractivity contribution in [3.8, 4) is 11.1 Å². The van der Waals surface area contributed by atoms with E-state index in [0.717, 1.165) is 41.9 Å². The monoisotopic (exact) mass is 349 g/mol. The fraction of sp³-hybridized carbons (Fsp3) is 0.350. The first-order chi connectivity index (χ1) is 12.6. The van der Waals surface area contributed by atoms with Crippen molar-refractivity contribution in [2.45, 2.75) is 32.6 Å². The molecular weight excluding hydrogens is 326 g/mol. The van der Waals surface area contributed by atoms with Crippen molar-refractivity contribution in [1.29, 1.82) is 0 Å². The molecule has 0 saturated carbocycles. The second kappa shape index (κ2) is 6.78. The van der Waals surface area contributed by atoms with Crippen molar-refractivity contribution in [2.75, 3.05) is 13.1 Å². The molecule has 0 radical (unpaired) electrons. The van der Waals surface area contributed by atoms with Gasteiger partial charge >= 0.3 is 0 Å². The summed E-state index contributed by atoms with van der Waals surface area (Å²) in [7, 11) is 0. The van der Waals surface area contributed by atoms with E-state index in [1.165, 1.54) is 5.56 Å². The summed E-state index contributed by atoms with van der Waals surface area (Å²) in [6, 6.07) is 10.3. The molecule has 1 saturated heterocycles. The molecule has 6 heteroatoms. The smallest absolute Gasteiger partial charge is 0.274 e. The molecule has 26 heavy (non-hydrogen) atoms. The van der Waals surface area contributed by atoms with Crippen LogP contribution in [0.5, 0.6) is 0 Å². The molecule has 134 valence electrons. The number of rotatable bonds is 3. The number of carbonyl (C=O) groups excluding carboxylic acids is 1. The average Bonchev–Trinajstić information content (AvgIpc) is 3.31. The number of hydrogen-bond donors (Lipinski definition) is 2. The van der Waals surface area contributed by atoms with Gasteiger partial charge in [0.15, 0.2) is 0 Å². The zero-order valence-corrected chi connectivity index (χ0v) is 15.1. The van der Waals surface area contributed by atoms with Crippen LogP contribution in [0.25, 0.3) is 11.1 Å². The maximum absolute atomic E-state index is 12.7. The minimum Gasteiger partial charge on any atom is -0.337 e. The lowest BCUT2D eigenvalue weighted by Crippen LogP contribution is -2.39. The Bertz CT molecular complexity index is 908.